The van der Waals surface area contributed by atoms with Crippen LogP contribution in [0.4, 0.5) is 0 Å². The molecule has 0 aromatic rings. The molecule has 20 heavy (non-hydrogen) atoms. The lowest BCUT2D eigenvalue weighted by Crippen LogP contribution is -2.26. The van der Waals surface area contributed by atoms with Gasteiger partial charge in [-0.15, -0.1) is 0 Å². The van der Waals surface area contributed by atoms with E-state index in [0.29, 0.717) is 5.57 Å². The first kappa shape index (κ1) is 16.2. The number of hydrogen-bond acceptors (Lipinski definition) is 4. The van der Waals surface area contributed by atoms with Gasteiger partial charge in [-0.1, -0.05) is 29.9 Å². The van der Waals surface area contributed by atoms with Crippen LogP contribution in [0.15, 0.2) is 35.5 Å². The van der Waals surface area contributed by atoms with Gasteiger partial charge in [-0.3, -0.25) is 4.79 Å². The smallest absolute Gasteiger partial charge is 0.335 e. The molecule has 110 valence electrons. The van der Waals surface area contributed by atoms with E-state index < -0.39 is 17.9 Å². The summed E-state index contributed by atoms with van der Waals surface area (Å²) in [4.78, 5) is 24.2. The van der Waals surface area contributed by atoms with Crippen LogP contribution < -0.4 is 0 Å². The Labute approximate surface area is 120 Å². The second kappa shape index (κ2) is 7.08. The van der Waals surface area contributed by atoms with Crippen LogP contribution in [0.25, 0.3) is 0 Å². The quantitative estimate of drug-likeness (QED) is 0.742. The van der Waals surface area contributed by atoms with Crippen molar-refractivity contribution in [1.82, 2.24) is 0 Å². The van der Waals surface area contributed by atoms with Crippen molar-refractivity contribution in [3.8, 4) is 0 Å². The van der Waals surface area contributed by atoms with Crippen LogP contribution in [0.3, 0.4) is 0 Å². The predicted octanol–water partition coefficient (Wildman–Crippen LogP) is 2.95. The summed E-state index contributed by atoms with van der Waals surface area (Å²) in [6.07, 6.45) is 6.44. The molecule has 0 saturated carbocycles. The zero-order valence-corrected chi connectivity index (χ0v) is 12.7. The molecule has 1 aliphatic carbocycles. The van der Waals surface area contributed by atoms with Gasteiger partial charge in [0.2, 0.25) is 0 Å². The standard InChI is InChI=1S/C16H22O4/c1-10(2)19-15(17)13-8-6-12(5)7-9-14(13)16(18)20-11(3)4/h6-11,13H,1-5H3. The van der Waals surface area contributed by atoms with Crippen LogP contribution >= 0.6 is 0 Å². The molecule has 0 amide bonds. The Morgan fingerprint density at radius 2 is 1.65 bits per heavy atom. The maximum atomic E-state index is 12.1. The maximum Gasteiger partial charge on any atom is 0.335 e. The summed E-state index contributed by atoms with van der Waals surface area (Å²) in [5, 5.41) is 0. The van der Waals surface area contributed by atoms with E-state index in [0.717, 1.165) is 5.57 Å². The molecule has 0 fully saturated rings. The van der Waals surface area contributed by atoms with E-state index in [9.17, 15) is 9.59 Å². The Bertz CT molecular complexity index is 467. The van der Waals surface area contributed by atoms with Crippen molar-refractivity contribution >= 4 is 11.9 Å². The highest BCUT2D eigenvalue weighted by Crippen LogP contribution is 2.22. The summed E-state index contributed by atoms with van der Waals surface area (Å²) in [5.74, 6) is -1.65. The molecule has 0 bridgehead atoms. The molecule has 1 atom stereocenters. The lowest BCUT2D eigenvalue weighted by Gasteiger charge is -2.17. The Hall–Kier alpha value is -1.84. The summed E-state index contributed by atoms with van der Waals surface area (Å²) >= 11 is 0. The molecule has 1 rings (SSSR count). The van der Waals surface area contributed by atoms with Crippen molar-refractivity contribution in [2.45, 2.75) is 46.8 Å². The highest BCUT2D eigenvalue weighted by atomic mass is 16.5. The fourth-order valence-corrected chi connectivity index (χ4v) is 1.72. The van der Waals surface area contributed by atoms with Gasteiger partial charge in [0.15, 0.2) is 0 Å². The van der Waals surface area contributed by atoms with Crippen molar-refractivity contribution in [2.24, 2.45) is 5.92 Å². The van der Waals surface area contributed by atoms with Crippen molar-refractivity contribution < 1.29 is 19.1 Å². The van der Waals surface area contributed by atoms with E-state index in [1.165, 1.54) is 0 Å². The third kappa shape index (κ3) is 4.68. The van der Waals surface area contributed by atoms with Gasteiger partial charge >= 0.3 is 11.9 Å². The predicted molar refractivity (Wildman–Crippen MR) is 76.9 cm³/mol. The van der Waals surface area contributed by atoms with Crippen LogP contribution in [0.2, 0.25) is 0 Å². The summed E-state index contributed by atoms with van der Waals surface area (Å²) in [6.45, 7) is 8.99. The van der Waals surface area contributed by atoms with E-state index in [2.05, 4.69) is 0 Å². The first-order valence-electron chi connectivity index (χ1n) is 6.79. The minimum atomic E-state index is -0.725. The maximum absolute atomic E-state index is 12.1. The Kier molecular flexibility index (Phi) is 5.74. The molecule has 4 nitrogen and oxygen atoms in total. The van der Waals surface area contributed by atoms with Crippen molar-refractivity contribution in [1.29, 1.82) is 0 Å². The second-order valence-corrected chi connectivity index (χ2v) is 5.31. The minimum absolute atomic E-state index is 0.226. The number of carbonyl (C=O) groups is 2. The first-order chi connectivity index (χ1) is 9.31. The largest absolute Gasteiger partial charge is 0.462 e. The van der Waals surface area contributed by atoms with Gasteiger partial charge in [0, 0.05) is 0 Å². The Morgan fingerprint density at radius 1 is 1.05 bits per heavy atom. The molecule has 0 aromatic heterocycles. The lowest BCUT2D eigenvalue weighted by atomic mass is 9.99. The SMILES string of the molecule is CC1=CC=C(C(=O)OC(C)C)C(C(=O)OC(C)C)C=C1. The van der Waals surface area contributed by atoms with Gasteiger partial charge in [0.25, 0.3) is 0 Å². The average molecular weight is 278 g/mol. The molecule has 4 heteroatoms. The van der Waals surface area contributed by atoms with Crippen molar-refractivity contribution in [2.75, 3.05) is 0 Å². The topological polar surface area (TPSA) is 52.6 Å². The summed E-state index contributed by atoms with van der Waals surface area (Å²) < 4.78 is 10.4. The molecule has 0 aromatic carbocycles. The fourth-order valence-electron chi connectivity index (χ4n) is 1.72. The molecule has 1 aliphatic rings. The number of carbonyl (C=O) groups excluding carboxylic acids is 2. The number of rotatable bonds is 4. The van der Waals surface area contributed by atoms with Gasteiger partial charge in [0.05, 0.1) is 17.8 Å². The molecule has 0 N–H and O–H groups in total. The second-order valence-electron chi connectivity index (χ2n) is 5.31. The molecule has 0 saturated heterocycles. The summed E-state index contributed by atoms with van der Waals surface area (Å²) in [7, 11) is 0. The monoisotopic (exact) mass is 278 g/mol. The number of esters is 2. The van der Waals surface area contributed by atoms with Crippen molar-refractivity contribution in [3.63, 3.8) is 0 Å². The number of ether oxygens (including phenoxy) is 2. The highest BCUT2D eigenvalue weighted by Gasteiger charge is 2.29. The normalized spacial score (nSPS) is 18.4. The third-order valence-corrected chi connectivity index (χ3v) is 2.60. The van der Waals surface area contributed by atoms with Crippen LogP contribution in [0.1, 0.15) is 34.6 Å². The van der Waals surface area contributed by atoms with Crippen molar-refractivity contribution in [3.05, 3.63) is 35.5 Å². The van der Waals surface area contributed by atoms with E-state index in [1.807, 2.05) is 6.92 Å². The van der Waals surface area contributed by atoms with E-state index >= 15 is 0 Å². The molecule has 0 aliphatic heterocycles. The van der Waals surface area contributed by atoms with Gasteiger partial charge in [-0.25, -0.2) is 4.79 Å². The highest BCUT2D eigenvalue weighted by molar-refractivity contribution is 5.97. The molecule has 0 heterocycles. The fraction of sp³-hybridized carbons (Fsp3) is 0.500. The van der Waals surface area contributed by atoms with E-state index in [1.54, 1.807) is 52.0 Å². The van der Waals surface area contributed by atoms with Gasteiger partial charge in [-0.05, 0) is 34.6 Å². The van der Waals surface area contributed by atoms with Gasteiger partial charge in [-0.2, -0.15) is 0 Å². The van der Waals surface area contributed by atoms with Crippen LogP contribution in [0, 0.1) is 5.92 Å². The Balaban J connectivity index is 3.02. The minimum Gasteiger partial charge on any atom is -0.462 e. The Morgan fingerprint density at radius 3 is 2.20 bits per heavy atom. The van der Waals surface area contributed by atoms with Crippen LogP contribution in [0.5, 0.6) is 0 Å². The van der Waals surface area contributed by atoms with Crippen LogP contribution in [-0.2, 0) is 19.1 Å². The first-order valence-corrected chi connectivity index (χ1v) is 6.79. The summed E-state index contributed by atoms with van der Waals surface area (Å²) in [6, 6.07) is 0. The average Bonchev–Trinajstić information content (AvgIpc) is 2.49. The molecule has 0 spiro atoms. The molecular weight excluding hydrogens is 256 g/mol. The molecular formula is C16H22O4. The third-order valence-electron chi connectivity index (χ3n) is 2.60. The molecule has 1 unspecified atom stereocenters. The van der Waals surface area contributed by atoms with Crippen LogP contribution in [-0.4, -0.2) is 24.1 Å². The molecule has 0 radical (unpaired) electrons. The zero-order valence-electron chi connectivity index (χ0n) is 12.7. The van der Waals surface area contributed by atoms with E-state index in [4.69, 9.17) is 9.47 Å². The number of allylic oxidation sites excluding steroid dienone is 4. The lowest BCUT2D eigenvalue weighted by molar-refractivity contribution is -0.153. The summed E-state index contributed by atoms with van der Waals surface area (Å²) in [5.41, 5.74) is 1.26. The van der Waals surface area contributed by atoms with E-state index in [-0.39, 0.29) is 12.2 Å². The number of hydrogen-bond donors (Lipinski definition) is 0. The van der Waals surface area contributed by atoms with Gasteiger partial charge < -0.3 is 9.47 Å². The van der Waals surface area contributed by atoms with Gasteiger partial charge in [0.1, 0.15) is 5.92 Å². The zero-order chi connectivity index (χ0) is 15.3.